The van der Waals surface area contributed by atoms with Crippen molar-refractivity contribution in [3.8, 4) is 11.5 Å². The van der Waals surface area contributed by atoms with E-state index in [1.807, 2.05) is 54.6 Å². The van der Waals surface area contributed by atoms with Crippen LogP contribution in [0.1, 0.15) is 11.1 Å². The summed E-state index contributed by atoms with van der Waals surface area (Å²) in [5.74, 6) is 1.40. The summed E-state index contributed by atoms with van der Waals surface area (Å²) in [7, 11) is 1.64. The van der Waals surface area contributed by atoms with Gasteiger partial charge in [-0.3, -0.25) is 0 Å². The van der Waals surface area contributed by atoms with E-state index in [-0.39, 0.29) is 0 Å². The Hall–Kier alpha value is -1.63. The monoisotopic (exact) mass is 513 g/mol. The fraction of sp³-hybridized carbons (Fsp3) is 0.143. The minimum Gasteiger partial charge on any atom is -0.493 e. The van der Waals surface area contributed by atoms with Gasteiger partial charge in [0.1, 0.15) is 6.61 Å². The molecule has 0 atom stereocenters. The zero-order chi connectivity index (χ0) is 19.2. The molecule has 27 heavy (non-hydrogen) atoms. The third-order valence-electron chi connectivity index (χ3n) is 3.94. The van der Waals surface area contributed by atoms with Gasteiger partial charge in [0.2, 0.25) is 0 Å². The number of rotatable bonds is 7. The van der Waals surface area contributed by atoms with Crippen LogP contribution < -0.4 is 14.8 Å². The van der Waals surface area contributed by atoms with E-state index >= 15 is 0 Å². The van der Waals surface area contributed by atoms with Gasteiger partial charge in [0.15, 0.2) is 11.5 Å². The molecule has 0 amide bonds. The van der Waals surface area contributed by atoms with Gasteiger partial charge in [-0.15, -0.1) is 0 Å². The minimum absolute atomic E-state index is 0.381. The van der Waals surface area contributed by atoms with Crippen molar-refractivity contribution in [2.45, 2.75) is 13.2 Å². The van der Waals surface area contributed by atoms with Gasteiger partial charge in [-0.25, -0.2) is 0 Å². The third kappa shape index (κ3) is 5.43. The lowest BCUT2D eigenvalue weighted by Crippen LogP contribution is -2.04. The summed E-state index contributed by atoms with van der Waals surface area (Å²) in [4.78, 5) is 0. The maximum Gasteiger partial charge on any atom is 0.174 e. The Morgan fingerprint density at radius 1 is 1.00 bits per heavy atom. The molecule has 3 nitrogen and oxygen atoms in total. The standard InChI is InChI=1S/C21H18Cl2INO2/c1-26-20-10-14(12-25-17-7-4-6-16(22)11-17)9-19(24)21(20)27-13-15-5-2-3-8-18(15)23/h2-11,25H,12-13H2,1H3. The van der Waals surface area contributed by atoms with E-state index in [1.54, 1.807) is 7.11 Å². The highest BCUT2D eigenvalue weighted by Gasteiger charge is 2.13. The molecular weight excluding hydrogens is 496 g/mol. The van der Waals surface area contributed by atoms with Crippen LogP contribution in [-0.2, 0) is 13.2 Å². The van der Waals surface area contributed by atoms with Gasteiger partial charge in [0.25, 0.3) is 0 Å². The summed E-state index contributed by atoms with van der Waals surface area (Å²) < 4.78 is 12.5. The van der Waals surface area contributed by atoms with Crippen LogP contribution in [0.4, 0.5) is 5.69 Å². The predicted octanol–water partition coefficient (Wildman–Crippen LogP) is 6.80. The lowest BCUT2D eigenvalue weighted by atomic mass is 10.2. The molecule has 3 aromatic rings. The summed E-state index contributed by atoms with van der Waals surface area (Å²) in [6, 6.07) is 19.3. The predicted molar refractivity (Wildman–Crippen MR) is 120 cm³/mol. The molecule has 0 bridgehead atoms. The fourth-order valence-corrected chi connectivity index (χ4v) is 3.79. The maximum absolute atomic E-state index is 6.21. The van der Waals surface area contributed by atoms with Crippen molar-refractivity contribution < 1.29 is 9.47 Å². The van der Waals surface area contributed by atoms with Gasteiger partial charge < -0.3 is 14.8 Å². The summed E-state index contributed by atoms with van der Waals surface area (Å²) >= 11 is 14.5. The van der Waals surface area contributed by atoms with E-state index in [4.69, 9.17) is 32.7 Å². The number of hydrogen-bond acceptors (Lipinski definition) is 3. The number of methoxy groups -OCH3 is 1. The van der Waals surface area contributed by atoms with Crippen LogP contribution in [0.5, 0.6) is 11.5 Å². The molecule has 0 heterocycles. The first-order valence-electron chi connectivity index (χ1n) is 8.29. The molecule has 0 aliphatic rings. The van der Waals surface area contributed by atoms with Crippen LogP contribution in [0.15, 0.2) is 60.7 Å². The van der Waals surface area contributed by atoms with Crippen LogP contribution >= 0.6 is 45.8 Å². The van der Waals surface area contributed by atoms with Crippen LogP contribution in [0.3, 0.4) is 0 Å². The van der Waals surface area contributed by atoms with Gasteiger partial charge in [-0.1, -0.05) is 47.5 Å². The average molecular weight is 514 g/mol. The second-order valence-electron chi connectivity index (χ2n) is 5.85. The van der Waals surface area contributed by atoms with Crippen LogP contribution in [0, 0.1) is 3.57 Å². The van der Waals surface area contributed by atoms with E-state index in [1.165, 1.54) is 0 Å². The molecule has 0 saturated carbocycles. The number of halogens is 3. The van der Waals surface area contributed by atoms with E-state index in [2.05, 4.69) is 34.0 Å². The Morgan fingerprint density at radius 3 is 2.56 bits per heavy atom. The van der Waals surface area contributed by atoms with Crippen molar-refractivity contribution in [1.29, 1.82) is 0 Å². The largest absolute Gasteiger partial charge is 0.493 e. The number of benzene rings is 3. The van der Waals surface area contributed by atoms with Crippen molar-refractivity contribution >= 4 is 51.5 Å². The van der Waals surface area contributed by atoms with Crippen molar-refractivity contribution in [3.05, 3.63) is 85.4 Å². The molecule has 1 N–H and O–H groups in total. The van der Waals surface area contributed by atoms with E-state index in [0.29, 0.717) is 34.7 Å². The van der Waals surface area contributed by atoms with Gasteiger partial charge in [-0.05, 0) is 64.6 Å². The highest BCUT2D eigenvalue weighted by molar-refractivity contribution is 14.1. The fourth-order valence-electron chi connectivity index (χ4n) is 2.58. The molecule has 0 aliphatic carbocycles. The maximum atomic E-state index is 6.21. The zero-order valence-corrected chi connectivity index (χ0v) is 18.3. The number of hydrogen-bond donors (Lipinski definition) is 1. The summed E-state index contributed by atoms with van der Waals surface area (Å²) in [5.41, 5.74) is 2.99. The van der Waals surface area contributed by atoms with Gasteiger partial charge in [0.05, 0.1) is 10.7 Å². The molecule has 0 unspecified atom stereocenters. The van der Waals surface area contributed by atoms with Gasteiger partial charge >= 0.3 is 0 Å². The van der Waals surface area contributed by atoms with Crippen molar-refractivity contribution in [2.75, 3.05) is 12.4 Å². The number of ether oxygens (including phenoxy) is 2. The van der Waals surface area contributed by atoms with Crippen LogP contribution in [-0.4, -0.2) is 7.11 Å². The summed E-state index contributed by atoms with van der Waals surface area (Å²) in [6.07, 6.45) is 0. The van der Waals surface area contributed by atoms with E-state index < -0.39 is 0 Å². The molecule has 0 radical (unpaired) electrons. The van der Waals surface area contributed by atoms with E-state index in [9.17, 15) is 0 Å². The van der Waals surface area contributed by atoms with Crippen molar-refractivity contribution in [3.63, 3.8) is 0 Å². The van der Waals surface area contributed by atoms with Crippen LogP contribution in [0.25, 0.3) is 0 Å². The van der Waals surface area contributed by atoms with Gasteiger partial charge in [0, 0.05) is 27.8 Å². The Kier molecular flexibility index (Phi) is 7.10. The molecule has 0 saturated heterocycles. The summed E-state index contributed by atoms with van der Waals surface area (Å²) in [6.45, 7) is 1.03. The smallest absolute Gasteiger partial charge is 0.174 e. The molecule has 0 aliphatic heterocycles. The second kappa shape index (κ2) is 9.53. The highest BCUT2D eigenvalue weighted by atomic mass is 127. The first-order valence-corrected chi connectivity index (χ1v) is 10.1. The van der Waals surface area contributed by atoms with Gasteiger partial charge in [-0.2, -0.15) is 0 Å². The lowest BCUT2D eigenvalue weighted by Gasteiger charge is -2.15. The Morgan fingerprint density at radius 2 is 1.81 bits per heavy atom. The third-order valence-corrected chi connectivity index (χ3v) is 5.35. The normalized spacial score (nSPS) is 10.5. The van der Waals surface area contributed by atoms with Crippen molar-refractivity contribution in [1.82, 2.24) is 0 Å². The zero-order valence-electron chi connectivity index (χ0n) is 14.6. The minimum atomic E-state index is 0.381. The molecular formula is C21H18Cl2INO2. The quantitative estimate of drug-likeness (QED) is 0.352. The first kappa shape index (κ1) is 20.1. The topological polar surface area (TPSA) is 30.5 Å². The molecule has 6 heteroatoms. The summed E-state index contributed by atoms with van der Waals surface area (Å²) in [5, 5.41) is 4.76. The lowest BCUT2D eigenvalue weighted by molar-refractivity contribution is 0.282. The van der Waals surface area contributed by atoms with Crippen LogP contribution in [0.2, 0.25) is 10.0 Å². The SMILES string of the molecule is COc1cc(CNc2cccc(Cl)c2)cc(I)c1OCc1ccccc1Cl. The molecule has 3 rings (SSSR count). The highest BCUT2D eigenvalue weighted by Crippen LogP contribution is 2.35. The molecule has 140 valence electrons. The molecule has 0 fully saturated rings. The average Bonchev–Trinajstić information content (AvgIpc) is 2.66. The molecule has 3 aromatic carbocycles. The Labute approximate surface area is 182 Å². The number of nitrogens with one attached hydrogen (secondary N) is 1. The second-order valence-corrected chi connectivity index (χ2v) is 7.86. The molecule has 0 aromatic heterocycles. The Bertz CT molecular complexity index is 934. The number of anilines is 1. The first-order chi connectivity index (χ1) is 13.1. The van der Waals surface area contributed by atoms with E-state index in [0.717, 1.165) is 20.4 Å². The van der Waals surface area contributed by atoms with Crippen molar-refractivity contribution in [2.24, 2.45) is 0 Å². The Balaban J connectivity index is 1.73. The molecule has 0 spiro atoms.